The minimum absolute atomic E-state index is 0.0603. The lowest BCUT2D eigenvalue weighted by Crippen LogP contribution is -2.48. The smallest absolute Gasteiger partial charge is 0.334 e. The number of hydrogen-bond donors (Lipinski definition) is 2. The molecule has 5 rings (SSSR count). The Morgan fingerprint density at radius 1 is 1.31 bits per heavy atom. The lowest BCUT2D eigenvalue weighted by atomic mass is 9.66. The van der Waals surface area contributed by atoms with Crippen molar-refractivity contribution in [1.82, 2.24) is 4.90 Å². The predicted octanol–water partition coefficient (Wildman–Crippen LogP) is 1.46. The molecule has 158 valence electrons. The van der Waals surface area contributed by atoms with Gasteiger partial charge in [0.15, 0.2) is 5.78 Å². The van der Waals surface area contributed by atoms with Gasteiger partial charge in [0.2, 0.25) is 0 Å². The molecule has 6 nitrogen and oxygen atoms in total. The number of ether oxygens (including phenoxy) is 1. The van der Waals surface area contributed by atoms with Crippen LogP contribution in [0, 0.1) is 29.1 Å². The topological polar surface area (TPSA) is 87.1 Å². The number of aliphatic hydroxyl groups excluding tert-OH is 2. The summed E-state index contributed by atoms with van der Waals surface area (Å²) in [5, 5.41) is 21.4. The van der Waals surface area contributed by atoms with Crippen LogP contribution in [0.4, 0.5) is 0 Å². The summed E-state index contributed by atoms with van der Waals surface area (Å²) in [7, 11) is 1.35. The zero-order valence-electron chi connectivity index (χ0n) is 17.5. The van der Waals surface area contributed by atoms with Crippen molar-refractivity contribution in [3.05, 3.63) is 22.3 Å². The van der Waals surface area contributed by atoms with E-state index >= 15 is 0 Å². The van der Waals surface area contributed by atoms with E-state index in [1.807, 2.05) is 0 Å². The van der Waals surface area contributed by atoms with Crippen molar-refractivity contribution < 1.29 is 24.5 Å². The van der Waals surface area contributed by atoms with E-state index in [4.69, 9.17) is 4.74 Å². The molecule has 2 N–H and O–H groups in total. The lowest BCUT2D eigenvalue weighted by Gasteiger charge is -2.43. The van der Waals surface area contributed by atoms with Gasteiger partial charge >= 0.3 is 5.97 Å². The first-order valence-electron chi connectivity index (χ1n) is 11.0. The summed E-state index contributed by atoms with van der Waals surface area (Å²) < 4.78 is 5.13. The average molecular weight is 402 g/mol. The number of fused-ring (bicyclic) bond motifs is 1. The van der Waals surface area contributed by atoms with Crippen LogP contribution in [0.15, 0.2) is 22.3 Å². The van der Waals surface area contributed by atoms with Gasteiger partial charge in [-0.15, -0.1) is 0 Å². The van der Waals surface area contributed by atoms with Crippen LogP contribution >= 0.6 is 0 Å². The molecule has 2 heterocycles. The fourth-order valence-electron chi connectivity index (χ4n) is 7.49. The van der Waals surface area contributed by atoms with E-state index in [9.17, 15) is 19.8 Å². The van der Waals surface area contributed by atoms with Crippen molar-refractivity contribution in [2.75, 3.05) is 26.8 Å². The number of ketones is 1. The van der Waals surface area contributed by atoms with Crippen molar-refractivity contribution in [2.45, 2.75) is 51.7 Å². The second-order valence-electron chi connectivity index (χ2n) is 9.91. The fourth-order valence-corrected chi connectivity index (χ4v) is 7.49. The van der Waals surface area contributed by atoms with E-state index in [0.717, 1.165) is 31.5 Å². The van der Waals surface area contributed by atoms with Crippen LogP contribution in [0.5, 0.6) is 0 Å². The first-order chi connectivity index (χ1) is 13.8. The molecule has 6 heteroatoms. The maximum Gasteiger partial charge on any atom is 0.334 e. The molecule has 2 aliphatic heterocycles. The van der Waals surface area contributed by atoms with E-state index < -0.39 is 18.0 Å². The van der Waals surface area contributed by atoms with E-state index in [1.165, 1.54) is 7.11 Å². The van der Waals surface area contributed by atoms with Crippen LogP contribution < -0.4 is 0 Å². The minimum atomic E-state index is -0.774. The van der Waals surface area contributed by atoms with Crippen LogP contribution in [-0.4, -0.2) is 65.8 Å². The molecule has 2 saturated heterocycles. The number of rotatable bonds is 3. The van der Waals surface area contributed by atoms with Gasteiger partial charge in [0.25, 0.3) is 0 Å². The number of carbonyl (C=O) groups is 2. The van der Waals surface area contributed by atoms with E-state index in [2.05, 4.69) is 18.7 Å². The quantitative estimate of drug-likeness (QED) is 0.697. The Morgan fingerprint density at radius 2 is 2.07 bits per heavy atom. The number of piperidine rings is 1. The molecule has 0 radical (unpaired) electrons. The predicted molar refractivity (Wildman–Crippen MR) is 106 cm³/mol. The van der Waals surface area contributed by atoms with Crippen LogP contribution in [0.2, 0.25) is 0 Å². The van der Waals surface area contributed by atoms with Gasteiger partial charge in [0.05, 0.1) is 18.8 Å². The SMILES string of the molecule is COC(=O)C1=C2C3=C(C(=O)CC[C@@H]4CN5C[C@@H](C)[C@@H](C[C@@H]5[C@]34C)C2O)C1CCO. The van der Waals surface area contributed by atoms with Gasteiger partial charge in [0, 0.05) is 49.1 Å². The molecule has 29 heavy (non-hydrogen) atoms. The van der Waals surface area contributed by atoms with Gasteiger partial charge < -0.3 is 14.9 Å². The van der Waals surface area contributed by atoms with Crippen LogP contribution in [0.25, 0.3) is 0 Å². The van der Waals surface area contributed by atoms with Gasteiger partial charge in [-0.2, -0.15) is 0 Å². The fraction of sp³-hybridized carbons (Fsp3) is 0.739. The number of carbonyl (C=O) groups excluding carboxylic acids is 2. The third kappa shape index (κ3) is 2.34. The summed E-state index contributed by atoms with van der Waals surface area (Å²) in [5.41, 5.74) is 2.44. The molecule has 7 atom stereocenters. The molecule has 2 bridgehead atoms. The Hall–Kier alpha value is -1.50. The number of allylic oxidation sites excluding steroid dienone is 1. The van der Waals surface area contributed by atoms with Crippen LogP contribution in [0.1, 0.15) is 39.5 Å². The zero-order valence-corrected chi connectivity index (χ0v) is 17.5. The van der Waals surface area contributed by atoms with Crippen LogP contribution in [0.3, 0.4) is 0 Å². The summed E-state index contributed by atoms with van der Waals surface area (Å²) in [6.07, 6.45) is 1.74. The normalized spacial score (nSPS) is 43.6. The second-order valence-corrected chi connectivity index (χ2v) is 9.91. The number of hydrogen-bond acceptors (Lipinski definition) is 6. The molecule has 0 spiro atoms. The first kappa shape index (κ1) is 19.5. The molecule has 3 aliphatic carbocycles. The first-order valence-corrected chi connectivity index (χ1v) is 11.0. The highest BCUT2D eigenvalue weighted by molar-refractivity contribution is 6.05. The van der Waals surface area contributed by atoms with Crippen molar-refractivity contribution in [3.8, 4) is 0 Å². The van der Waals surface area contributed by atoms with E-state index in [0.29, 0.717) is 41.4 Å². The maximum atomic E-state index is 13.3. The van der Waals surface area contributed by atoms with E-state index in [-0.39, 0.29) is 29.8 Å². The van der Waals surface area contributed by atoms with Gasteiger partial charge in [-0.05, 0) is 48.2 Å². The number of aliphatic hydroxyl groups is 2. The number of Topliss-reactive ketones (excluding diaryl/α,β-unsaturated/α-hetero) is 1. The van der Waals surface area contributed by atoms with Crippen LogP contribution in [-0.2, 0) is 14.3 Å². The third-order valence-electron chi connectivity index (χ3n) is 8.79. The highest BCUT2D eigenvalue weighted by Crippen LogP contribution is 2.64. The highest BCUT2D eigenvalue weighted by atomic mass is 16.5. The molecule has 2 unspecified atom stereocenters. The molecule has 5 aliphatic rings. The Kier molecular flexibility index (Phi) is 4.36. The summed E-state index contributed by atoms with van der Waals surface area (Å²) in [5.74, 6) is -0.163. The van der Waals surface area contributed by atoms with Crippen molar-refractivity contribution in [1.29, 1.82) is 0 Å². The molecule has 3 fully saturated rings. The molecule has 1 saturated carbocycles. The maximum absolute atomic E-state index is 13.3. The Balaban J connectivity index is 1.84. The molecule has 0 amide bonds. The molecular formula is C23H31NO5. The molecule has 0 aromatic rings. The van der Waals surface area contributed by atoms with Gasteiger partial charge in [-0.3, -0.25) is 9.69 Å². The van der Waals surface area contributed by atoms with E-state index in [1.54, 1.807) is 0 Å². The van der Waals surface area contributed by atoms with Crippen molar-refractivity contribution >= 4 is 11.8 Å². The largest absolute Gasteiger partial charge is 0.466 e. The number of nitrogens with zero attached hydrogens (tertiary/aromatic N) is 1. The molecule has 0 aromatic heterocycles. The zero-order chi connectivity index (χ0) is 20.7. The van der Waals surface area contributed by atoms with Crippen molar-refractivity contribution in [3.63, 3.8) is 0 Å². The Morgan fingerprint density at radius 3 is 2.76 bits per heavy atom. The third-order valence-corrected chi connectivity index (χ3v) is 8.79. The molecule has 0 aromatic carbocycles. The standard InChI is InChI=1S/C23H31NO5/c1-11-9-24-10-12-4-5-15(26)17-13(6-7-25)18(22(28)29-3)19-20(17)23(12,2)16(24)8-14(11)21(19)27/h11-14,16,21,25,27H,4-10H2,1-3H3/t11-,12-,13?,14-,16-,21?,23-/m1/s1. The minimum Gasteiger partial charge on any atom is -0.466 e. The van der Waals surface area contributed by atoms with Gasteiger partial charge in [0.1, 0.15) is 0 Å². The summed E-state index contributed by atoms with van der Waals surface area (Å²) in [6.45, 7) is 6.26. The van der Waals surface area contributed by atoms with Gasteiger partial charge in [-0.25, -0.2) is 4.79 Å². The van der Waals surface area contributed by atoms with Crippen molar-refractivity contribution in [2.24, 2.45) is 29.1 Å². The lowest BCUT2D eigenvalue weighted by molar-refractivity contribution is -0.136. The molecular weight excluding hydrogens is 370 g/mol. The summed E-state index contributed by atoms with van der Waals surface area (Å²) in [6, 6.07) is 0.281. The Labute approximate surface area is 171 Å². The second kappa shape index (κ2) is 6.50. The summed E-state index contributed by atoms with van der Waals surface area (Å²) >= 11 is 0. The summed E-state index contributed by atoms with van der Waals surface area (Å²) in [4.78, 5) is 28.8. The highest BCUT2D eigenvalue weighted by Gasteiger charge is 2.63. The Bertz CT molecular complexity index is 844. The average Bonchev–Trinajstić information content (AvgIpc) is 3.11. The monoisotopic (exact) mass is 401 g/mol. The van der Waals surface area contributed by atoms with Gasteiger partial charge in [-0.1, -0.05) is 13.8 Å². The number of methoxy groups -OCH3 is 1. The number of esters is 1.